The van der Waals surface area contributed by atoms with Crippen LogP contribution in [0.4, 0.5) is 0 Å². The molecule has 2 atom stereocenters. The molecule has 8 heavy (non-hydrogen) atoms. The lowest BCUT2D eigenvalue weighted by Crippen LogP contribution is -2.10. The number of hydrogen-bond acceptors (Lipinski definition) is 1. The summed E-state index contributed by atoms with van der Waals surface area (Å²) in [4.78, 5) is 0. The summed E-state index contributed by atoms with van der Waals surface area (Å²) in [6, 6.07) is 0. The van der Waals surface area contributed by atoms with E-state index in [9.17, 15) is 0 Å². The first-order valence-electron chi connectivity index (χ1n) is 2.38. The fourth-order valence-electron chi connectivity index (χ4n) is 0.358. The van der Waals surface area contributed by atoms with Crippen LogP contribution in [0.5, 0.6) is 0 Å². The van der Waals surface area contributed by atoms with E-state index in [1.807, 2.05) is 0 Å². The Morgan fingerprint density at radius 1 is 1.62 bits per heavy atom. The van der Waals surface area contributed by atoms with Gasteiger partial charge in [0.05, 0.1) is 6.10 Å². The van der Waals surface area contributed by atoms with Crippen molar-refractivity contribution in [2.75, 3.05) is 5.88 Å². The molecule has 0 aromatic rings. The van der Waals surface area contributed by atoms with Crippen LogP contribution in [0, 0.1) is 6.92 Å². The van der Waals surface area contributed by atoms with E-state index >= 15 is 0 Å². The maximum atomic E-state index is 8.60. The van der Waals surface area contributed by atoms with Gasteiger partial charge in [-0.25, -0.2) is 0 Å². The Bertz CT molecular complexity index is 56.4. The number of hydrogen-bond donors (Lipinski definition) is 1. The molecule has 1 radical (unpaired) electrons. The predicted octanol–water partition coefficient (Wildman–Crippen LogP) is 1.42. The van der Waals surface area contributed by atoms with Gasteiger partial charge in [0.1, 0.15) is 0 Å². The maximum absolute atomic E-state index is 8.60. The van der Waals surface area contributed by atoms with Gasteiger partial charge in [0.25, 0.3) is 0 Å². The van der Waals surface area contributed by atoms with Crippen molar-refractivity contribution >= 4 is 23.2 Å². The lowest BCUT2D eigenvalue weighted by molar-refractivity contribution is 0.210. The van der Waals surface area contributed by atoms with Gasteiger partial charge in [0.2, 0.25) is 0 Å². The summed E-state index contributed by atoms with van der Waals surface area (Å²) >= 11 is 10.9. The van der Waals surface area contributed by atoms with E-state index in [1.165, 1.54) is 0 Å². The van der Waals surface area contributed by atoms with E-state index in [0.717, 1.165) is 0 Å². The average Bonchev–Trinajstić information content (AvgIpc) is 1.65. The number of alkyl halides is 2. The molecule has 3 heteroatoms. The molecule has 0 aromatic carbocycles. The monoisotopic (exact) mass is 155 g/mol. The zero-order chi connectivity index (χ0) is 6.57. The largest absolute Gasteiger partial charge is 0.393 e. The van der Waals surface area contributed by atoms with Crippen LogP contribution in [0.25, 0.3) is 0 Å². The van der Waals surface area contributed by atoms with Crippen LogP contribution in [0.2, 0.25) is 0 Å². The fourth-order valence-corrected chi connectivity index (χ4v) is 0.690. The number of rotatable bonds is 3. The van der Waals surface area contributed by atoms with Crippen LogP contribution >= 0.6 is 23.2 Å². The lowest BCUT2D eigenvalue weighted by atomic mass is 10.2. The van der Waals surface area contributed by atoms with Gasteiger partial charge in [0, 0.05) is 11.3 Å². The van der Waals surface area contributed by atoms with Gasteiger partial charge >= 0.3 is 0 Å². The highest BCUT2D eigenvalue weighted by molar-refractivity contribution is 6.28. The molecule has 0 aliphatic carbocycles. The Morgan fingerprint density at radius 3 is 2.25 bits per heavy atom. The molecule has 1 N–H and O–H groups in total. The molecule has 0 bridgehead atoms. The van der Waals surface area contributed by atoms with Crippen LogP contribution in [0.15, 0.2) is 0 Å². The highest BCUT2D eigenvalue weighted by Gasteiger charge is 2.05. The summed E-state index contributed by atoms with van der Waals surface area (Å²) in [6.45, 7) is 3.34. The van der Waals surface area contributed by atoms with Gasteiger partial charge in [0.15, 0.2) is 0 Å². The second-order valence-electron chi connectivity index (χ2n) is 1.64. The topological polar surface area (TPSA) is 20.2 Å². The smallest absolute Gasteiger partial charge is 0.0555 e. The highest BCUT2D eigenvalue weighted by atomic mass is 35.5. The molecule has 0 heterocycles. The van der Waals surface area contributed by atoms with Crippen LogP contribution < -0.4 is 0 Å². The summed E-state index contributed by atoms with van der Waals surface area (Å²) in [5.74, 6) is 0.369. The van der Waals surface area contributed by atoms with Crippen molar-refractivity contribution in [1.82, 2.24) is 0 Å². The number of halogens is 2. The van der Waals surface area contributed by atoms with Crippen LogP contribution in [-0.2, 0) is 0 Å². The second-order valence-corrected chi connectivity index (χ2v) is 2.57. The minimum atomic E-state index is -0.587. The van der Waals surface area contributed by atoms with Gasteiger partial charge in [-0.3, -0.25) is 0 Å². The fraction of sp³-hybridized carbons (Fsp3) is 0.800. The summed E-state index contributed by atoms with van der Waals surface area (Å²) in [7, 11) is 0. The Kier molecular flexibility index (Phi) is 4.72. The van der Waals surface area contributed by atoms with Crippen LogP contribution in [0.1, 0.15) is 6.42 Å². The van der Waals surface area contributed by atoms with Gasteiger partial charge in [-0.05, 0) is 13.3 Å². The lowest BCUT2D eigenvalue weighted by Gasteiger charge is -2.05. The SMILES string of the molecule is [CH2]C(O)CC(Cl)CCl. The first-order chi connectivity index (χ1) is 3.66. The highest BCUT2D eigenvalue weighted by Crippen LogP contribution is 2.06. The standard InChI is InChI=1S/C5H9Cl2O/c1-4(8)2-5(7)3-6/h4-5,8H,1-3H2. The minimum Gasteiger partial charge on any atom is -0.393 e. The van der Waals surface area contributed by atoms with Gasteiger partial charge in [-0.15, -0.1) is 23.2 Å². The van der Waals surface area contributed by atoms with Crippen molar-refractivity contribution in [2.45, 2.75) is 17.9 Å². The Balaban J connectivity index is 3.10. The third-order valence-electron chi connectivity index (χ3n) is 0.695. The third-order valence-corrected chi connectivity index (χ3v) is 1.56. The van der Waals surface area contributed by atoms with Gasteiger partial charge in [-0.2, -0.15) is 0 Å². The van der Waals surface area contributed by atoms with Crippen LogP contribution in [-0.4, -0.2) is 22.5 Å². The van der Waals surface area contributed by atoms with Crippen molar-refractivity contribution in [1.29, 1.82) is 0 Å². The molecular weight excluding hydrogens is 147 g/mol. The normalized spacial score (nSPS) is 18.0. The molecule has 0 spiro atoms. The summed E-state index contributed by atoms with van der Waals surface area (Å²) in [5, 5.41) is 8.45. The first-order valence-corrected chi connectivity index (χ1v) is 3.35. The molecule has 0 saturated carbocycles. The molecule has 0 aromatic heterocycles. The summed E-state index contributed by atoms with van der Waals surface area (Å²) in [5.41, 5.74) is 0. The molecule has 0 fully saturated rings. The Labute approximate surface area is 59.6 Å². The van der Waals surface area contributed by atoms with Crippen molar-refractivity contribution in [2.24, 2.45) is 0 Å². The maximum Gasteiger partial charge on any atom is 0.0555 e. The van der Waals surface area contributed by atoms with Crippen LogP contribution in [0.3, 0.4) is 0 Å². The number of aliphatic hydroxyl groups excluding tert-OH is 1. The molecular formula is C5H9Cl2O. The molecule has 0 aliphatic rings. The molecule has 49 valence electrons. The van der Waals surface area contributed by atoms with E-state index in [4.69, 9.17) is 28.3 Å². The molecule has 0 amide bonds. The predicted molar refractivity (Wildman–Crippen MR) is 36.3 cm³/mol. The number of aliphatic hydroxyl groups is 1. The molecule has 2 unspecified atom stereocenters. The zero-order valence-corrected chi connectivity index (χ0v) is 5.99. The molecule has 0 saturated heterocycles. The molecule has 0 rings (SSSR count). The van der Waals surface area contributed by atoms with Crippen molar-refractivity contribution in [3.8, 4) is 0 Å². The van der Waals surface area contributed by atoms with E-state index in [-0.39, 0.29) is 5.38 Å². The minimum absolute atomic E-state index is 0.149. The van der Waals surface area contributed by atoms with E-state index < -0.39 is 6.10 Å². The molecule has 1 nitrogen and oxygen atoms in total. The van der Waals surface area contributed by atoms with Crippen molar-refractivity contribution in [3.05, 3.63) is 6.92 Å². The summed E-state index contributed by atoms with van der Waals surface area (Å²) in [6.07, 6.45) is -0.123. The van der Waals surface area contributed by atoms with Crippen molar-refractivity contribution < 1.29 is 5.11 Å². The van der Waals surface area contributed by atoms with Gasteiger partial charge in [-0.1, -0.05) is 0 Å². The zero-order valence-electron chi connectivity index (χ0n) is 4.48. The molecule has 0 aliphatic heterocycles. The summed E-state index contributed by atoms with van der Waals surface area (Å²) < 4.78 is 0. The van der Waals surface area contributed by atoms with Gasteiger partial charge < -0.3 is 5.11 Å². The first kappa shape index (κ1) is 8.54. The third kappa shape index (κ3) is 4.69. The Hall–Kier alpha value is 0.540. The quantitative estimate of drug-likeness (QED) is 0.612. The van der Waals surface area contributed by atoms with E-state index in [0.29, 0.717) is 12.3 Å². The average molecular weight is 156 g/mol. The van der Waals surface area contributed by atoms with E-state index in [2.05, 4.69) is 6.92 Å². The van der Waals surface area contributed by atoms with E-state index in [1.54, 1.807) is 0 Å². The Morgan fingerprint density at radius 2 is 2.12 bits per heavy atom. The van der Waals surface area contributed by atoms with Crippen molar-refractivity contribution in [3.63, 3.8) is 0 Å². The second kappa shape index (κ2) is 4.42.